The van der Waals surface area contributed by atoms with E-state index >= 15 is 0 Å². The van der Waals surface area contributed by atoms with Crippen molar-refractivity contribution in [3.8, 4) is 0 Å². The maximum Gasteiger partial charge on any atom is 0.323 e. The van der Waals surface area contributed by atoms with Crippen molar-refractivity contribution < 1.29 is 19.1 Å². The van der Waals surface area contributed by atoms with Crippen molar-refractivity contribution in [2.45, 2.75) is 0 Å². The molecule has 0 radical (unpaired) electrons. The molecule has 0 aliphatic heterocycles. The topological polar surface area (TPSA) is 73.4 Å². The molecule has 0 bridgehead atoms. The van der Waals surface area contributed by atoms with Gasteiger partial charge in [-0.15, -0.1) is 0 Å². The highest BCUT2D eigenvalue weighted by Crippen LogP contribution is 2.17. The summed E-state index contributed by atoms with van der Waals surface area (Å²) in [6, 6.07) is 5.69. The smallest absolute Gasteiger partial charge is 0.323 e. The highest BCUT2D eigenvalue weighted by molar-refractivity contribution is 5.98. The van der Waals surface area contributed by atoms with Gasteiger partial charge in [0.05, 0.1) is 0 Å². The summed E-state index contributed by atoms with van der Waals surface area (Å²) in [6.07, 6.45) is 0. The quantitative estimate of drug-likeness (QED) is 0.866. The van der Waals surface area contributed by atoms with Gasteiger partial charge in [-0.05, 0) is 24.3 Å². The minimum Gasteiger partial charge on any atom is -0.480 e. The molecule has 18 heavy (non-hydrogen) atoms. The molecule has 94 valence electrons. The molecule has 1 aromatic heterocycles. The molecule has 1 amide bonds. The molecule has 0 saturated heterocycles. The Morgan fingerprint density at radius 1 is 1.39 bits per heavy atom. The average Bonchev–Trinajstić information content (AvgIpc) is 2.69. The van der Waals surface area contributed by atoms with Crippen LogP contribution in [0.3, 0.4) is 0 Å². The third kappa shape index (κ3) is 2.32. The average molecular weight is 250 g/mol. The van der Waals surface area contributed by atoms with Gasteiger partial charge in [0.2, 0.25) is 0 Å². The Labute approximate surface area is 102 Å². The number of fused-ring (bicyclic) bond motifs is 1. The molecule has 2 N–H and O–H groups in total. The number of carboxylic acids is 1. The van der Waals surface area contributed by atoms with E-state index in [1.807, 2.05) is 0 Å². The number of carbonyl (C=O) groups is 2. The van der Waals surface area contributed by atoms with E-state index in [1.165, 1.54) is 19.2 Å². The summed E-state index contributed by atoms with van der Waals surface area (Å²) in [5, 5.41) is 9.30. The van der Waals surface area contributed by atoms with E-state index in [0.717, 1.165) is 4.90 Å². The molecule has 1 heterocycles. The second-order valence-electron chi connectivity index (χ2n) is 3.97. The monoisotopic (exact) mass is 250 g/mol. The molecule has 0 fully saturated rings. The number of H-pyrrole nitrogens is 1. The zero-order chi connectivity index (χ0) is 13.3. The van der Waals surface area contributed by atoms with Crippen LogP contribution in [0.4, 0.5) is 4.39 Å². The fourth-order valence-electron chi connectivity index (χ4n) is 1.69. The summed E-state index contributed by atoms with van der Waals surface area (Å²) in [5.41, 5.74) is 0.737. The van der Waals surface area contributed by atoms with Crippen molar-refractivity contribution in [1.82, 2.24) is 9.88 Å². The van der Waals surface area contributed by atoms with Crippen LogP contribution in [0.1, 0.15) is 10.5 Å². The van der Waals surface area contributed by atoms with Crippen LogP contribution in [0.15, 0.2) is 24.3 Å². The predicted molar refractivity (Wildman–Crippen MR) is 62.9 cm³/mol. The Balaban J connectivity index is 2.30. The first-order valence-electron chi connectivity index (χ1n) is 5.23. The second kappa shape index (κ2) is 4.48. The fraction of sp³-hybridized carbons (Fsp3) is 0.167. The number of nitrogens with zero attached hydrogens (tertiary/aromatic N) is 1. The number of amides is 1. The van der Waals surface area contributed by atoms with Crippen LogP contribution >= 0.6 is 0 Å². The highest BCUT2D eigenvalue weighted by Gasteiger charge is 2.16. The number of rotatable bonds is 3. The van der Waals surface area contributed by atoms with E-state index in [0.29, 0.717) is 10.9 Å². The molecule has 2 rings (SSSR count). The number of nitrogens with one attached hydrogen (secondary N) is 1. The van der Waals surface area contributed by atoms with Gasteiger partial charge in [0.25, 0.3) is 5.91 Å². The largest absolute Gasteiger partial charge is 0.480 e. The van der Waals surface area contributed by atoms with Gasteiger partial charge in [-0.3, -0.25) is 9.59 Å². The molecule has 2 aromatic rings. The van der Waals surface area contributed by atoms with Gasteiger partial charge in [-0.1, -0.05) is 0 Å². The van der Waals surface area contributed by atoms with Gasteiger partial charge in [-0.2, -0.15) is 0 Å². The van der Waals surface area contributed by atoms with Crippen LogP contribution in [0.25, 0.3) is 10.9 Å². The maximum atomic E-state index is 13.0. The number of hydrogen-bond acceptors (Lipinski definition) is 2. The summed E-state index contributed by atoms with van der Waals surface area (Å²) in [6.45, 7) is -0.386. The number of benzene rings is 1. The molecular formula is C12H11FN2O3. The molecule has 0 spiro atoms. The number of aromatic nitrogens is 1. The van der Waals surface area contributed by atoms with Crippen molar-refractivity contribution in [3.05, 3.63) is 35.8 Å². The first-order chi connectivity index (χ1) is 8.47. The van der Waals surface area contributed by atoms with Crippen LogP contribution < -0.4 is 0 Å². The lowest BCUT2D eigenvalue weighted by atomic mass is 10.2. The van der Waals surface area contributed by atoms with E-state index in [4.69, 9.17) is 5.11 Å². The molecular weight excluding hydrogens is 239 g/mol. The zero-order valence-corrected chi connectivity index (χ0v) is 9.61. The molecule has 6 heteroatoms. The van der Waals surface area contributed by atoms with Crippen molar-refractivity contribution in [1.29, 1.82) is 0 Å². The number of aliphatic carboxylic acids is 1. The third-order valence-corrected chi connectivity index (χ3v) is 2.53. The minimum atomic E-state index is -1.09. The molecule has 0 unspecified atom stereocenters. The predicted octanol–water partition coefficient (Wildman–Crippen LogP) is 1.46. The van der Waals surface area contributed by atoms with E-state index in [-0.39, 0.29) is 12.2 Å². The van der Waals surface area contributed by atoms with Gasteiger partial charge < -0.3 is 15.0 Å². The molecule has 5 nitrogen and oxygen atoms in total. The van der Waals surface area contributed by atoms with Crippen molar-refractivity contribution >= 4 is 22.8 Å². The number of likely N-dealkylation sites (N-methyl/N-ethyl adjacent to an activating group) is 1. The Hall–Kier alpha value is -2.37. The van der Waals surface area contributed by atoms with Crippen LogP contribution in [-0.4, -0.2) is 40.5 Å². The lowest BCUT2D eigenvalue weighted by Gasteiger charge is -2.12. The van der Waals surface area contributed by atoms with E-state index < -0.39 is 17.7 Å². The first-order valence-corrected chi connectivity index (χ1v) is 5.23. The molecule has 0 aliphatic carbocycles. The summed E-state index contributed by atoms with van der Waals surface area (Å²) in [4.78, 5) is 26.2. The summed E-state index contributed by atoms with van der Waals surface area (Å²) >= 11 is 0. The van der Waals surface area contributed by atoms with E-state index in [9.17, 15) is 14.0 Å². The Morgan fingerprint density at radius 3 is 2.78 bits per heavy atom. The van der Waals surface area contributed by atoms with E-state index in [1.54, 1.807) is 12.1 Å². The van der Waals surface area contributed by atoms with Crippen molar-refractivity contribution in [2.24, 2.45) is 0 Å². The molecule has 0 aliphatic rings. The van der Waals surface area contributed by atoms with Crippen molar-refractivity contribution in [3.63, 3.8) is 0 Å². The molecule has 0 saturated carbocycles. The number of aromatic amines is 1. The van der Waals surface area contributed by atoms with Crippen LogP contribution in [0.2, 0.25) is 0 Å². The maximum absolute atomic E-state index is 13.0. The van der Waals surface area contributed by atoms with Crippen molar-refractivity contribution in [2.75, 3.05) is 13.6 Å². The molecule has 0 atom stereocenters. The Bertz CT molecular complexity index is 621. The standard InChI is InChI=1S/C12H11FN2O3/c1-15(6-11(16)17)12(18)10-4-7-2-3-8(13)5-9(7)14-10/h2-5,14H,6H2,1H3,(H,16,17). The number of carbonyl (C=O) groups excluding carboxylic acids is 1. The lowest BCUT2D eigenvalue weighted by molar-refractivity contribution is -0.137. The fourth-order valence-corrected chi connectivity index (χ4v) is 1.69. The zero-order valence-electron chi connectivity index (χ0n) is 9.61. The molecule has 1 aromatic carbocycles. The number of halogens is 1. The minimum absolute atomic E-state index is 0.236. The Morgan fingerprint density at radius 2 is 2.11 bits per heavy atom. The summed E-state index contributed by atoms with van der Waals surface area (Å²) in [7, 11) is 1.39. The van der Waals surface area contributed by atoms with Crippen LogP contribution in [0.5, 0.6) is 0 Å². The highest BCUT2D eigenvalue weighted by atomic mass is 19.1. The number of hydrogen-bond donors (Lipinski definition) is 2. The van der Waals surface area contributed by atoms with Gasteiger partial charge in [0.1, 0.15) is 18.1 Å². The SMILES string of the molecule is CN(CC(=O)O)C(=O)c1cc2ccc(F)cc2[nH]1. The van der Waals surface area contributed by atoms with Gasteiger partial charge >= 0.3 is 5.97 Å². The summed E-state index contributed by atoms with van der Waals surface area (Å²) in [5.74, 6) is -1.94. The van der Waals surface area contributed by atoms with Gasteiger partial charge in [0.15, 0.2) is 0 Å². The van der Waals surface area contributed by atoms with Gasteiger partial charge in [0, 0.05) is 18.0 Å². The Kier molecular flexibility index (Phi) is 3.01. The van der Waals surface area contributed by atoms with Gasteiger partial charge in [-0.25, -0.2) is 4.39 Å². The van der Waals surface area contributed by atoms with Crippen LogP contribution in [0, 0.1) is 5.82 Å². The van der Waals surface area contributed by atoms with E-state index in [2.05, 4.69) is 4.98 Å². The third-order valence-electron chi connectivity index (χ3n) is 2.53. The first kappa shape index (κ1) is 12.1. The normalized spacial score (nSPS) is 10.6. The summed E-state index contributed by atoms with van der Waals surface area (Å²) < 4.78 is 13.0. The second-order valence-corrected chi connectivity index (χ2v) is 3.97. The lowest BCUT2D eigenvalue weighted by Crippen LogP contribution is -2.32. The number of carboxylic acid groups (broad SMARTS) is 1. The van der Waals surface area contributed by atoms with Crippen LogP contribution in [-0.2, 0) is 4.79 Å².